The molecule has 1 fully saturated rings. The molecular weight excluding hydrogens is 206 g/mol. The van der Waals surface area contributed by atoms with Crippen molar-refractivity contribution >= 4 is 5.97 Å². The number of esters is 1. The van der Waals surface area contributed by atoms with Crippen LogP contribution in [0.3, 0.4) is 0 Å². The summed E-state index contributed by atoms with van der Waals surface area (Å²) in [6.45, 7) is 3.11. The van der Waals surface area contributed by atoms with E-state index >= 15 is 0 Å². The first-order valence-corrected chi connectivity index (χ1v) is 5.86. The van der Waals surface area contributed by atoms with E-state index in [-0.39, 0.29) is 5.97 Å². The first-order chi connectivity index (χ1) is 7.79. The van der Waals surface area contributed by atoms with Gasteiger partial charge in [0.2, 0.25) is 0 Å². The average molecular weight is 225 g/mol. The van der Waals surface area contributed by atoms with Crippen LogP contribution < -0.4 is 5.32 Å². The van der Waals surface area contributed by atoms with Gasteiger partial charge < -0.3 is 14.8 Å². The van der Waals surface area contributed by atoms with Crippen molar-refractivity contribution in [2.75, 3.05) is 33.4 Å². The van der Waals surface area contributed by atoms with Gasteiger partial charge in [0.1, 0.15) is 0 Å². The average Bonchev–Trinajstić information content (AvgIpc) is 2.39. The molecule has 0 spiro atoms. The topological polar surface area (TPSA) is 47.6 Å². The molecule has 0 amide bonds. The molecule has 0 radical (unpaired) electrons. The predicted octanol–water partition coefficient (Wildman–Crippen LogP) is 0.876. The maximum Gasteiger partial charge on any atom is 0.316 e. The summed E-state index contributed by atoms with van der Waals surface area (Å²) in [5.41, 5.74) is 0.830. The van der Waals surface area contributed by atoms with Crippen LogP contribution >= 0.6 is 0 Å². The summed E-state index contributed by atoms with van der Waals surface area (Å²) in [5, 5.41) is 3.27. The molecule has 0 saturated carbocycles. The molecule has 16 heavy (non-hydrogen) atoms. The number of carbonyl (C=O) groups is 1. The van der Waals surface area contributed by atoms with Crippen LogP contribution in [0, 0.1) is 5.41 Å². The van der Waals surface area contributed by atoms with E-state index in [1.165, 1.54) is 12.7 Å². The van der Waals surface area contributed by atoms with Crippen molar-refractivity contribution in [1.82, 2.24) is 5.32 Å². The van der Waals surface area contributed by atoms with Gasteiger partial charge in [-0.15, -0.1) is 0 Å². The molecule has 0 aromatic heterocycles. The van der Waals surface area contributed by atoms with Crippen LogP contribution in [-0.2, 0) is 14.3 Å². The van der Waals surface area contributed by atoms with Crippen LogP contribution in [0.1, 0.15) is 19.3 Å². The van der Waals surface area contributed by atoms with Crippen LogP contribution in [0.15, 0.2) is 11.6 Å². The van der Waals surface area contributed by atoms with Crippen molar-refractivity contribution in [1.29, 1.82) is 0 Å². The van der Waals surface area contributed by atoms with E-state index < -0.39 is 5.41 Å². The zero-order chi connectivity index (χ0) is 11.4. The molecule has 2 aliphatic heterocycles. The summed E-state index contributed by atoms with van der Waals surface area (Å²) in [6.07, 6.45) is 4.60. The van der Waals surface area contributed by atoms with Crippen LogP contribution in [0.25, 0.3) is 0 Å². The molecule has 4 nitrogen and oxygen atoms in total. The Labute approximate surface area is 96.0 Å². The fourth-order valence-electron chi connectivity index (χ4n) is 2.63. The molecule has 0 unspecified atom stereocenters. The van der Waals surface area contributed by atoms with Gasteiger partial charge in [0.25, 0.3) is 0 Å². The lowest BCUT2D eigenvalue weighted by atomic mass is 9.71. The lowest BCUT2D eigenvalue weighted by Gasteiger charge is -2.38. The maximum absolute atomic E-state index is 12.0. The molecule has 0 aromatic carbocycles. The number of rotatable bonds is 2. The molecule has 90 valence electrons. The van der Waals surface area contributed by atoms with Gasteiger partial charge in [0.15, 0.2) is 0 Å². The highest BCUT2D eigenvalue weighted by Gasteiger charge is 2.44. The first-order valence-electron chi connectivity index (χ1n) is 5.86. The third-order valence-electron chi connectivity index (χ3n) is 3.60. The molecule has 0 bridgehead atoms. The van der Waals surface area contributed by atoms with E-state index in [1.807, 2.05) is 0 Å². The lowest BCUT2D eigenvalue weighted by molar-refractivity contribution is -0.155. The fourth-order valence-corrected chi connectivity index (χ4v) is 2.63. The van der Waals surface area contributed by atoms with E-state index in [4.69, 9.17) is 9.47 Å². The van der Waals surface area contributed by atoms with Crippen molar-refractivity contribution in [2.45, 2.75) is 19.3 Å². The van der Waals surface area contributed by atoms with Crippen LogP contribution in [0.5, 0.6) is 0 Å². The molecule has 0 atom stereocenters. The minimum Gasteiger partial charge on any atom is -0.468 e. The number of hydrogen-bond donors (Lipinski definition) is 1. The largest absolute Gasteiger partial charge is 0.468 e. The highest BCUT2D eigenvalue weighted by Crippen LogP contribution is 2.41. The van der Waals surface area contributed by atoms with Gasteiger partial charge in [-0.2, -0.15) is 0 Å². The van der Waals surface area contributed by atoms with E-state index in [0.29, 0.717) is 13.2 Å². The minimum absolute atomic E-state index is 0.0936. The van der Waals surface area contributed by atoms with Crippen molar-refractivity contribution in [3.05, 3.63) is 11.6 Å². The third kappa shape index (κ3) is 1.99. The van der Waals surface area contributed by atoms with E-state index in [2.05, 4.69) is 11.4 Å². The lowest BCUT2D eigenvalue weighted by Crippen LogP contribution is -2.42. The van der Waals surface area contributed by atoms with Gasteiger partial charge in [-0.3, -0.25) is 4.79 Å². The number of carbonyl (C=O) groups excluding carboxylic acids is 1. The molecule has 2 aliphatic rings. The summed E-state index contributed by atoms with van der Waals surface area (Å²) in [4.78, 5) is 12.0. The van der Waals surface area contributed by atoms with Gasteiger partial charge in [-0.25, -0.2) is 0 Å². The molecule has 2 rings (SSSR count). The molecule has 0 aliphatic carbocycles. The van der Waals surface area contributed by atoms with Crippen molar-refractivity contribution in [3.63, 3.8) is 0 Å². The molecule has 1 N–H and O–H groups in total. The summed E-state index contributed by atoms with van der Waals surface area (Å²) >= 11 is 0. The van der Waals surface area contributed by atoms with Crippen LogP contribution in [-0.4, -0.2) is 39.4 Å². The van der Waals surface area contributed by atoms with E-state index in [0.717, 1.165) is 32.4 Å². The Morgan fingerprint density at radius 1 is 1.50 bits per heavy atom. The minimum atomic E-state index is -0.408. The quantitative estimate of drug-likeness (QED) is 0.560. The summed E-state index contributed by atoms with van der Waals surface area (Å²) in [6, 6.07) is 0. The SMILES string of the molecule is COC(=O)C1(C2=CCNCC2)CCOCC1. The third-order valence-corrected chi connectivity index (χ3v) is 3.60. The Kier molecular flexibility index (Phi) is 3.61. The second-order valence-corrected chi connectivity index (χ2v) is 4.37. The highest BCUT2D eigenvalue weighted by atomic mass is 16.5. The number of hydrogen-bond acceptors (Lipinski definition) is 4. The van der Waals surface area contributed by atoms with Crippen molar-refractivity contribution in [2.24, 2.45) is 5.41 Å². The standard InChI is InChI=1S/C12H19NO3/c1-15-11(14)12(4-8-16-9-5-12)10-2-6-13-7-3-10/h2,13H,3-9H2,1H3. The summed E-state index contributed by atoms with van der Waals surface area (Å²) in [7, 11) is 1.47. The Morgan fingerprint density at radius 3 is 2.81 bits per heavy atom. The van der Waals surface area contributed by atoms with E-state index in [9.17, 15) is 4.79 Å². The fraction of sp³-hybridized carbons (Fsp3) is 0.750. The molecule has 0 aromatic rings. The first kappa shape index (κ1) is 11.6. The van der Waals surface area contributed by atoms with Crippen molar-refractivity contribution in [3.8, 4) is 0 Å². The second-order valence-electron chi connectivity index (χ2n) is 4.37. The zero-order valence-electron chi connectivity index (χ0n) is 9.75. The van der Waals surface area contributed by atoms with Crippen LogP contribution in [0.2, 0.25) is 0 Å². The molecule has 2 heterocycles. The van der Waals surface area contributed by atoms with Gasteiger partial charge in [-0.1, -0.05) is 11.6 Å². The summed E-state index contributed by atoms with van der Waals surface area (Å²) < 4.78 is 10.4. The Bertz CT molecular complexity index is 293. The van der Waals surface area contributed by atoms with Gasteiger partial charge >= 0.3 is 5.97 Å². The van der Waals surface area contributed by atoms with Gasteiger partial charge in [0, 0.05) is 19.8 Å². The Balaban J connectivity index is 2.25. The molecule has 1 saturated heterocycles. The molecule has 4 heteroatoms. The zero-order valence-corrected chi connectivity index (χ0v) is 9.75. The predicted molar refractivity (Wildman–Crippen MR) is 60.1 cm³/mol. The number of nitrogens with one attached hydrogen (secondary N) is 1. The van der Waals surface area contributed by atoms with Gasteiger partial charge in [0.05, 0.1) is 12.5 Å². The summed E-state index contributed by atoms with van der Waals surface area (Å²) in [5.74, 6) is -0.0936. The van der Waals surface area contributed by atoms with E-state index in [1.54, 1.807) is 0 Å². The van der Waals surface area contributed by atoms with Crippen molar-refractivity contribution < 1.29 is 14.3 Å². The normalized spacial score (nSPS) is 24.7. The smallest absolute Gasteiger partial charge is 0.316 e. The molecular formula is C12H19NO3. The highest BCUT2D eigenvalue weighted by molar-refractivity contribution is 5.80. The monoisotopic (exact) mass is 225 g/mol. The Hall–Kier alpha value is -0.870. The van der Waals surface area contributed by atoms with Crippen LogP contribution in [0.4, 0.5) is 0 Å². The maximum atomic E-state index is 12.0. The van der Waals surface area contributed by atoms with Gasteiger partial charge in [-0.05, 0) is 25.8 Å². The number of ether oxygens (including phenoxy) is 2. The Morgan fingerprint density at radius 2 is 2.25 bits per heavy atom. The number of methoxy groups -OCH3 is 1. The second kappa shape index (κ2) is 4.97.